The van der Waals surface area contributed by atoms with E-state index in [1.807, 2.05) is 0 Å². The smallest absolute Gasteiger partial charge is 0.0579 e. The van der Waals surface area contributed by atoms with Gasteiger partial charge in [-0.25, -0.2) is 0 Å². The Morgan fingerprint density at radius 3 is 1.86 bits per heavy atom. The van der Waals surface area contributed by atoms with Crippen LogP contribution < -0.4 is 0 Å². The van der Waals surface area contributed by atoms with Crippen molar-refractivity contribution >= 4 is 65.9 Å². The lowest BCUT2D eigenvalue weighted by Crippen LogP contribution is -2.18. The van der Waals surface area contributed by atoms with Gasteiger partial charge in [0, 0.05) is 32.7 Å². The van der Waals surface area contributed by atoms with Crippen molar-refractivity contribution in [3.8, 4) is 16.8 Å². The summed E-state index contributed by atoms with van der Waals surface area (Å²) < 4.78 is 5.41. The molecule has 2 heterocycles. The molecule has 7 aromatic carbocycles. The molecule has 0 bridgehead atoms. The van der Waals surface area contributed by atoms with E-state index in [9.17, 15) is 0 Å². The number of rotatable bonds is 6. The SMILES string of the molecule is C1=CCCC(c2cc(C3=CCCC=C3)cc(-n3c4ccccc4c4cc5c6c(c43)CCc3cc4c7ccccc7n(C7C=C(c8ccccc8)C=C(c8ccccc8)C7)c4c(c3-6)CC5)c2)=C1. The van der Waals surface area contributed by atoms with Crippen LogP contribution in [0.1, 0.15) is 82.7 Å². The summed E-state index contributed by atoms with van der Waals surface area (Å²) in [5.41, 5.74) is 26.5. The van der Waals surface area contributed by atoms with Crippen molar-refractivity contribution in [1.82, 2.24) is 9.13 Å². The van der Waals surface area contributed by atoms with Crippen LogP contribution in [0.3, 0.4) is 0 Å². The highest BCUT2D eigenvalue weighted by atomic mass is 15.0. The monoisotopic (exact) mass is 846 g/mol. The third-order valence-electron chi connectivity index (χ3n) is 15.5. The van der Waals surface area contributed by atoms with Crippen LogP contribution in [0.25, 0.3) is 82.7 Å². The Bertz CT molecular complexity index is 3700. The van der Waals surface area contributed by atoms with Gasteiger partial charge >= 0.3 is 0 Å². The number of aryl methyl sites for hydroxylation is 4. The molecule has 2 nitrogen and oxygen atoms in total. The van der Waals surface area contributed by atoms with Gasteiger partial charge in [-0.05, 0) is 178 Å². The van der Waals surface area contributed by atoms with Crippen molar-refractivity contribution in [2.24, 2.45) is 0 Å². The van der Waals surface area contributed by atoms with Gasteiger partial charge in [-0.2, -0.15) is 0 Å². The number of nitrogens with zero attached hydrogens (tertiary/aromatic N) is 2. The topological polar surface area (TPSA) is 9.86 Å². The number of aromatic nitrogens is 2. The maximum Gasteiger partial charge on any atom is 0.0579 e. The van der Waals surface area contributed by atoms with E-state index in [-0.39, 0.29) is 6.04 Å². The summed E-state index contributed by atoms with van der Waals surface area (Å²) in [4.78, 5) is 0. The molecule has 0 saturated heterocycles. The maximum absolute atomic E-state index is 2.75. The first kappa shape index (κ1) is 37.9. The molecule has 0 amide bonds. The molecule has 0 fully saturated rings. The highest BCUT2D eigenvalue weighted by molar-refractivity contribution is 6.15. The zero-order chi connectivity index (χ0) is 43.3. The number of fused-ring (bicyclic) bond motifs is 8. The zero-order valence-electron chi connectivity index (χ0n) is 37.2. The van der Waals surface area contributed by atoms with Crippen LogP contribution in [0.15, 0.2) is 188 Å². The van der Waals surface area contributed by atoms with E-state index < -0.39 is 0 Å². The van der Waals surface area contributed by atoms with Crippen molar-refractivity contribution in [1.29, 1.82) is 0 Å². The first-order chi connectivity index (χ1) is 32.7. The van der Waals surface area contributed by atoms with Crippen molar-refractivity contribution in [3.05, 3.63) is 233 Å². The van der Waals surface area contributed by atoms with Gasteiger partial charge in [-0.3, -0.25) is 0 Å². The van der Waals surface area contributed by atoms with Gasteiger partial charge in [0.1, 0.15) is 0 Å². The standard InChI is InChI=1S/C64H50N2/c1-5-17-41(18-6-1)47-33-48(42-19-7-2-8-20-42)36-51(35-47)65-59-27-15-13-25-53(59)57-39-45-30-32-56-62-46(29-31-55(61(45)62)63(57)65)40-58-54-26-14-16-28-60(54)66(64(56)58)52-37-49(43-21-9-3-10-22-43)34-50(38-52)44-23-11-4-12-24-44/h1-3,5-9,11,13-21,23-28,33-35,37-40,51H,4,10,12,22,29-32,36H2. The van der Waals surface area contributed by atoms with Gasteiger partial charge < -0.3 is 9.13 Å². The summed E-state index contributed by atoms with van der Waals surface area (Å²) in [6, 6.07) is 53.3. The van der Waals surface area contributed by atoms with Gasteiger partial charge in [-0.15, -0.1) is 0 Å². The van der Waals surface area contributed by atoms with E-state index in [0.717, 1.165) is 57.8 Å². The average Bonchev–Trinajstić information content (AvgIpc) is 3.91. The molecule has 0 aliphatic heterocycles. The van der Waals surface area contributed by atoms with Crippen LogP contribution in [0, 0.1) is 0 Å². The summed E-state index contributed by atoms with van der Waals surface area (Å²) in [5.74, 6) is 0. The van der Waals surface area contributed by atoms with Crippen LogP contribution in [-0.2, 0) is 25.7 Å². The van der Waals surface area contributed by atoms with Crippen molar-refractivity contribution in [2.75, 3.05) is 0 Å². The van der Waals surface area contributed by atoms with E-state index >= 15 is 0 Å². The fourth-order valence-electron chi connectivity index (χ4n) is 12.6. The molecule has 316 valence electrons. The Morgan fingerprint density at radius 2 is 1.14 bits per heavy atom. The lowest BCUT2D eigenvalue weighted by Gasteiger charge is -2.32. The van der Waals surface area contributed by atoms with E-state index in [1.54, 1.807) is 0 Å². The number of hydrogen-bond donors (Lipinski definition) is 0. The highest BCUT2D eigenvalue weighted by Gasteiger charge is 2.34. The van der Waals surface area contributed by atoms with Crippen LogP contribution in [0.5, 0.6) is 0 Å². The lowest BCUT2D eigenvalue weighted by molar-refractivity contribution is 0.655. The number of benzene rings is 7. The Kier molecular flexibility index (Phi) is 8.66. The average molecular weight is 847 g/mol. The summed E-state index contributed by atoms with van der Waals surface area (Å²) in [6.45, 7) is 0. The van der Waals surface area contributed by atoms with Crippen LogP contribution in [0.4, 0.5) is 0 Å². The minimum atomic E-state index is 0.150. The van der Waals surface area contributed by atoms with Crippen LogP contribution in [0.2, 0.25) is 0 Å². The minimum Gasteiger partial charge on any atom is -0.333 e. The van der Waals surface area contributed by atoms with Crippen molar-refractivity contribution < 1.29 is 0 Å². The summed E-state index contributed by atoms with van der Waals surface area (Å²) in [5, 5.41) is 5.52. The number of allylic oxidation sites excluding steroid dienone is 12. The third kappa shape index (κ3) is 5.87. The van der Waals surface area contributed by atoms with Gasteiger partial charge in [-0.1, -0.05) is 146 Å². The molecule has 66 heavy (non-hydrogen) atoms. The molecule has 5 aliphatic rings. The van der Waals surface area contributed by atoms with E-state index in [0.29, 0.717) is 0 Å². The predicted octanol–water partition coefficient (Wildman–Crippen LogP) is 16.3. The largest absolute Gasteiger partial charge is 0.333 e. The zero-order valence-corrected chi connectivity index (χ0v) is 37.2. The molecule has 5 aliphatic carbocycles. The molecule has 0 radical (unpaired) electrons. The maximum atomic E-state index is 2.75. The molecular weight excluding hydrogens is 797 g/mol. The third-order valence-corrected chi connectivity index (χ3v) is 15.5. The molecule has 14 rings (SSSR count). The van der Waals surface area contributed by atoms with Crippen LogP contribution in [-0.4, -0.2) is 9.13 Å². The molecule has 2 heteroatoms. The van der Waals surface area contributed by atoms with E-state index in [4.69, 9.17) is 0 Å². The second kappa shape index (κ2) is 15.1. The Balaban J connectivity index is 1.02. The summed E-state index contributed by atoms with van der Waals surface area (Å²) in [6.07, 6.45) is 28.5. The molecule has 2 aromatic heterocycles. The molecule has 1 atom stereocenters. The van der Waals surface area contributed by atoms with Gasteiger partial charge in [0.15, 0.2) is 0 Å². The van der Waals surface area contributed by atoms with E-state index in [1.165, 1.54) is 127 Å². The quantitative estimate of drug-likeness (QED) is 0.158. The fourth-order valence-corrected chi connectivity index (χ4v) is 12.6. The molecule has 9 aromatic rings. The molecular formula is C64H50N2. The van der Waals surface area contributed by atoms with Gasteiger partial charge in [0.2, 0.25) is 0 Å². The fraction of sp³-hybridized carbons (Fsp3) is 0.156. The second-order valence-electron chi connectivity index (χ2n) is 19.2. The highest BCUT2D eigenvalue weighted by Crippen LogP contribution is 2.52. The Morgan fingerprint density at radius 1 is 0.470 bits per heavy atom. The summed E-state index contributed by atoms with van der Waals surface area (Å²) in [7, 11) is 0. The first-order valence-corrected chi connectivity index (χ1v) is 24.3. The minimum absolute atomic E-state index is 0.150. The molecule has 1 unspecified atom stereocenters. The molecule has 0 spiro atoms. The van der Waals surface area contributed by atoms with Gasteiger partial charge in [0.05, 0.1) is 22.6 Å². The summed E-state index contributed by atoms with van der Waals surface area (Å²) >= 11 is 0. The Labute approximate surface area is 386 Å². The van der Waals surface area contributed by atoms with E-state index in [2.05, 4.69) is 197 Å². The molecule has 0 saturated carbocycles. The lowest BCUT2D eigenvalue weighted by atomic mass is 9.74. The van der Waals surface area contributed by atoms with Crippen molar-refractivity contribution in [3.63, 3.8) is 0 Å². The first-order valence-electron chi connectivity index (χ1n) is 24.3. The number of para-hydroxylation sites is 2. The van der Waals surface area contributed by atoms with Crippen molar-refractivity contribution in [2.45, 2.75) is 63.8 Å². The molecule has 0 N–H and O–H groups in total. The Hall–Kier alpha value is -7.42. The van der Waals surface area contributed by atoms with Gasteiger partial charge in [0.25, 0.3) is 0 Å². The second-order valence-corrected chi connectivity index (χ2v) is 19.2. The van der Waals surface area contributed by atoms with Crippen LogP contribution >= 0.6 is 0 Å². The predicted molar refractivity (Wildman–Crippen MR) is 279 cm³/mol. The number of hydrogen-bond acceptors (Lipinski definition) is 0. The normalized spacial score (nSPS) is 17.5.